The van der Waals surface area contributed by atoms with Crippen molar-refractivity contribution in [3.05, 3.63) is 48.7 Å². The van der Waals surface area contributed by atoms with Gasteiger partial charge in [-0.05, 0) is 37.0 Å². The first-order chi connectivity index (χ1) is 14.3. The van der Waals surface area contributed by atoms with Gasteiger partial charge in [0.15, 0.2) is 5.82 Å². The van der Waals surface area contributed by atoms with E-state index in [0.717, 1.165) is 71.7 Å². The van der Waals surface area contributed by atoms with E-state index in [4.69, 9.17) is 14.7 Å². The van der Waals surface area contributed by atoms with Crippen LogP contribution in [0.15, 0.2) is 43.0 Å². The number of nitrogens with zero attached hydrogens (tertiary/aromatic N) is 5. The van der Waals surface area contributed by atoms with E-state index in [1.54, 1.807) is 17.5 Å². The molecule has 4 heterocycles. The Bertz CT molecular complexity index is 986. The van der Waals surface area contributed by atoms with Crippen LogP contribution >= 0.6 is 11.3 Å². The molecule has 3 aromatic rings. The Morgan fingerprint density at radius 3 is 2.97 bits per heavy atom. The van der Waals surface area contributed by atoms with Crippen LogP contribution < -0.4 is 4.90 Å². The SMILES string of the molecule is CCCOCC/C=C1\CCN(C)c2ncc(-c3cnc(-c4cccnc4)s3)nc21. The molecule has 1 aliphatic heterocycles. The largest absolute Gasteiger partial charge is 0.381 e. The molecule has 0 aromatic carbocycles. The van der Waals surface area contributed by atoms with Crippen molar-refractivity contribution in [3.8, 4) is 21.1 Å². The second kappa shape index (κ2) is 9.24. The fraction of sp³-hybridized carbons (Fsp3) is 0.364. The highest BCUT2D eigenvalue weighted by Gasteiger charge is 2.22. The number of pyridine rings is 1. The van der Waals surface area contributed by atoms with E-state index in [2.05, 4.69) is 34.9 Å². The van der Waals surface area contributed by atoms with Gasteiger partial charge in [0, 0.05) is 44.4 Å². The third-order valence-corrected chi connectivity index (χ3v) is 5.87. The molecule has 6 nitrogen and oxygen atoms in total. The highest BCUT2D eigenvalue weighted by molar-refractivity contribution is 7.18. The van der Waals surface area contributed by atoms with Crippen molar-refractivity contribution in [3.63, 3.8) is 0 Å². The fourth-order valence-electron chi connectivity index (χ4n) is 3.29. The van der Waals surface area contributed by atoms with Gasteiger partial charge < -0.3 is 9.64 Å². The molecule has 0 saturated carbocycles. The molecule has 0 fully saturated rings. The second-order valence-corrected chi connectivity index (χ2v) is 8.03. The molecule has 7 heteroatoms. The smallest absolute Gasteiger partial charge is 0.154 e. The molecule has 0 saturated heterocycles. The average Bonchev–Trinajstić information content (AvgIpc) is 3.26. The number of ether oxygens (including phenoxy) is 1. The van der Waals surface area contributed by atoms with Crippen molar-refractivity contribution in [2.24, 2.45) is 0 Å². The van der Waals surface area contributed by atoms with Crippen LogP contribution in [0.1, 0.15) is 31.9 Å². The van der Waals surface area contributed by atoms with Gasteiger partial charge in [-0.25, -0.2) is 15.0 Å². The van der Waals surface area contributed by atoms with Crippen molar-refractivity contribution >= 4 is 22.7 Å². The Balaban J connectivity index is 1.60. The van der Waals surface area contributed by atoms with Crippen molar-refractivity contribution in [1.82, 2.24) is 19.9 Å². The van der Waals surface area contributed by atoms with Gasteiger partial charge in [0.05, 0.1) is 17.7 Å². The lowest BCUT2D eigenvalue weighted by Gasteiger charge is -2.27. The first kappa shape index (κ1) is 19.7. The molecule has 4 rings (SSSR count). The average molecular weight is 408 g/mol. The minimum atomic E-state index is 0.749. The Morgan fingerprint density at radius 1 is 1.21 bits per heavy atom. The summed E-state index contributed by atoms with van der Waals surface area (Å²) in [6.45, 7) is 4.65. The van der Waals surface area contributed by atoms with E-state index in [1.807, 2.05) is 30.7 Å². The molecular weight excluding hydrogens is 382 g/mol. The molecule has 0 atom stereocenters. The van der Waals surface area contributed by atoms with E-state index in [-0.39, 0.29) is 0 Å². The summed E-state index contributed by atoms with van der Waals surface area (Å²) in [7, 11) is 2.07. The van der Waals surface area contributed by atoms with Crippen LogP contribution in [-0.2, 0) is 4.74 Å². The van der Waals surface area contributed by atoms with Crippen LogP contribution in [0.3, 0.4) is 0 Å². The maximum atomic E-state index is 5.62. The van der Waals surface area contributed by atoms with Crippen LogP contribution in [0, 0.1) is 0 Å². The number of rotatable bonds is 7. The molecule has 0 aliphatic carbocycles. The summed E-state index contributed by atoms with van der Waals surface area (Å²) in [5.41, 5.74) is 4.11. The molecule has 1 aliphatic rings. The Labute approximate surface area is 175 Å². The minimum absolute atomic E-state index is 0.749. The molecule has 150 valence electrons. The summed E-state index contributed by atoms with van der Waals surface area (Å²) in [6.07, 6.45) is 12.5. The van der Waals surface area contributed by atoms with Crippen molar-refractivity contribution in [2.45, 2.75) is 26.2 Å². The summed E-state index contributed by atoms with van der Waals surface area (Å²) in [5.74, 6) is 0.942. The van der Waals surface area contributed by atoms with Gasteiger partial charge in [-0.3, -0.25) is 4.98 Å². The molecule has 0 N–H and O–H groups in total. The maximum absolute atomic E-state index is 5.62. The standard InChI is InChI=1S/C22H25N5OS/c1-3-11-28-12-5-7-16-8-10-27(2)21-20(16)26-18(14-24-21)19-15-25-22(29-19)17-6-4-9-23-13-17/h4,6-7,9,13-15H,3,5,8,10-12H2,1-2H3/b16-7+. The molecule has 0 amide bonds. The predicted molar refractivity (Wildman–Crippen MR) is 118 cm³/mol. The number of fused-ring (bicyclic) bond motifs is 1. The first-order valence-electron chi connectivity index (χ1n) is 9.98. The zero-order chi connectivity index (χ0) is 20.1. The van der Waals surface area contributed by atoms with E-state index in [9.17, 15) is 0 Å². The molecule has 0 spiro atoms. The van der Waals surface area contributed by atoms with Crippen LogP contribution in [0.4, 0.5) is 5.82 Å². The number of aromatic nitrogens is 4. The lowest BCUT2D eigenvalue weighted by molar-refractivity contribution is 0.139. The zero-order valence-corrected chi connectivity index (χ0v) is 17.7. The number of hydrogen-bond donors (Lipinski definition) is 0. The Morgan fingerprint density at radius 2 is 2.14 bits per heavy atom. The summed E-state index contributed by atoms with van der Waals surface area (Å²) in [5, 5.41) is 0.938. The van der Waals surface area contributed by atoms with Gasteiger partial charge in [-0.2, -0.15) is 0 Å². The van der Waals surface area contributed by atoms with Gasteiger partial charge in [0.25, 0.3) is 0 Å². The molecule has 3 aromatic heterocycles. The normalized spacial score (nSPS) is 15.0. The predicted octanol–water partition coefficient (Wildman–Crippen LogP) is 4.70. The highest BCUT2D eigenvalue weighted by atomic mass is 32.1. The number of hydrogen-bond acceptors (Lipinski definition) is 7. The van der Waals surface area contributed by atoms with Gasteiger partial charge in [0.1, 0.15) is 16.4 Å². The van der Waals surface area contributed by atoms with Gasteiger partial charge >= 0.3 is 0 Å². The van der Waals surface area contributed by atoms with Crippen molar-refractivity contribution < 1.29 is 4.74 Å². The number of thiazole rings is 1. The van der Waals surface area contributed by atoms with Crippen LogP contribution in [0.25, 0.3) is 26.7 Å². The van der Waals surface area contributed by atoms with Crippen molar-refractivity contribution in [2.75, 3.05) is 31.7 Å². The molecular formula is C22H25N5OS. The lowest BCUT2D eigenvalue weighted by atomic mass is 10.0. The monoisotopic (exact) mass is 407 g/mol. The van der Waals surface area contributed by atoms with E-state index in [0.29, 0.717) is 0 Å². The van der Waals surface area contributed by atoms with Gasteiger partial charge in [-0.1, -0.05) is 13.0 Å². The fourth-order valence-corrected chi connectivity index (χ4v) is 4.15. The third-order valence-electron chi connectivity index (χ3n) is 4.80. The lowest BCUT2D eigenvalue weighted by Crippen LogP contribution is -2.26. The summed E-state index contributed by atoms with van der Waals surface area (Å²) < 4.78 is 5.62. The Kier molecular flexibility index (Phi) is 6.27. The maximum Gasteiger partial charge on any atom is 0.154 e. The zero-order valence-electron chi connectivity index (χ0n) is 16.8. The quantitative estimate of drug-likeness (QED) is 0.529. The minimum Gasteiger partial charge on any atom is -0.381 e. The number of anilines is 1. The highest BCUT2D eigenvalue weighted by Crippen LogP contribution is 2.35. The summed E-state index contributed by atoms with van der Waals surface area (Å²) >= 11 is 1.61. The van der Waals surface area contributed by atoms with Gasteiger partial charge in [0.2, 0.25) is 0 Å². The first-order valence-corrected chi connectivity index (χ1v) is 10.8. The summed E-state index contributed by atoms with van der Waals surface area (Å²) in [4.78, 5) is 21.6. The van der Waals surface area contributed by atoms with Crippen LogP contribution in [0.5, 0.6) is 0 Å². The van der Waals surface area contributed by atoms with E-state index >= 15 is 0 Å². The van der Waals surface area contributed by atoms with E-state index < -0.39 is 0 Å². The Hall–Kier alpha value is -2.64. The van der Waals surface area contributed by atoms with Crippen LogP contribution in [0.2, 0.25) is 0 Å². The van der Waals surface area contributed by atoms with Crippen molar-refractivity contribution in [1.29, 1.82) is 0 Å². The van der Waals surface area contributed by atoms with Gasteiger partial charge in [-0.15, -0.1) is 11.3 Å². The van der Waals surface area contributed by atoms with E-state index in [1.165, 1.54) is 5.57 Å². The molecule has 0 radical (unpaired) electrons. The summed E-state index contributed by atoms with van der Waals surface area (Å²) in [6, 6.07) is 3.94. The third kappa shape index (κ3) is 4.52. The molecule has 29 heavy (non-hydrogen) atoms. The topological polar surface area (TPSA) is 64.0 Å². The molecule has 0 bridgehead atoms. The molecule has 0 unspecified atom stereocenters. The van der Waals surface area contributed by atoms with Crippen LogP contribution in [-0.4, -0.2) is 46.7 Å². The second-order valence-electron chi connectivity index (χ2n) is 7.00.